The van der Waals surface area contributed by atoms with Gasteiger partial charge in [0.25, 0.3) is 5.91 Å². The number of aryl methyl sites for hydroxylation is 1. The second-order valence-corrected chi connectivity index (χ2v) is 6.68. The number of aromatic nitrogens is 2. The highest BCUT2D eigenvalue weighted by Gasteiger charge is 2.23. The largest absolute Gasteiger partial charge is 0.496 e. The number of anilines is 1. The number of methoxy groups -OCH3 is 1. The lowest BCUT2D eigenvalue weighted by atomic mass is 10.1. The third-order valence-corrected chi connectivity index (χ3v) is 4.81. The van der Waals surface area contributed by atoms with Gasteiger partial charge in [0, 0.05) is 43.7 Å². The second kappa shape index (κ2) is 8.35. The molecule has 0 aliphatic carbocycles. The standard InChI is InChI=1S/C20H26N4O3/c1-14-12-22-17(15(2)18(14)26-4)13-23(3)20(25)16-6-5-7-21-19(16)24-8-10-27-11-9-24/h5-7,12H,8-11,13H2,1-4H3. The van der Waals surface area contributed by atoms with Gasteiger partial charge >= 0.3 is 0 Å². The van der Waals surface area contributed by atoms with Crippen LogP contribution < -0.4 is 9.64 Å². The molecule has 1 amide bonds. The highest BCUT2D eigenvalue weighted by atomic mass is 16.5. The van der Waals surface area contributed by atoms with Gasteiger partial charge in [-0.05, 0) is 26.0 Å². The van der Waals surface area contributed by atoms with E-state index >= 15 is 0 Å². The molecule has 0 N–H and O–H groups in total. The molecule has 3 heterocycles. The fourth-order valence-corrected chi connectivity index (χ4v) is 3.32. The van der Waals surface area contributed by atoms with Crippen LogP contribution in [0.3, 0.4) is 0 Å². The molecule has 0 bridgehead atoms. The van der Waals surface area contributed by atoms with Crippen LogP contribution in [0.4, 0.5) is 5.82 Å². The van der Waals surface area contributed by atoms with E-state index in [0.29, 0.717) is 31.1 Å². The Balaban J connectivity index is 1.82. The average Bonchev–Trinajstić information content (AvgIpc) is 2.70. The Morgan fingerprint density at radius 3 is 2.74 bits per heavy atom. The SMILES string of the molecule is COc1c(C)cnc(CN(C)C(=O)c2cccnc2N2CCOCC2)c1C. The van der Waals surface area contributed by atoms with E-state index in [1.54, 1.807) is 37.5 Å². The normalized spacial score (nSPS) is 14.1. The number of rotatable bonds is 5. The first kappa shape index (κ1) is 19.1. The van der Waals surface area contributed by atoms with E-state index in [0.717, 1.165) is 35.7 Å². The van der Waals surface area contributed by atoms with E-state index < -0.39 is 0 Å². The van der Waals surface area contributed by atoms with Crippen molar-refractivity contribution in [2.75, 3.05) is 45.4 Å². The van der Waals surface area contributed by atoms with Gasteiger partial charge in [-0.1, -0.05) is 0 Å². The molecule has 0 saturated carbocycles. The van der Waals surface area contributed by atoms with E-state index in [4.69, 9.17) is 9.47 Å². The molecule has 0 spiro atoms. The minimum atomic E-state index is -0.0784. The number of hydrogen-bond acceptors (Lipinski definition) is 6. The van der Waals surface area contributed by atoms with Gasteiger partial charge in [0.15, 0.2) is 0 Å². The number of morpholine rings is 1. The van der Waals surface area contributed by atoms with E-state index in [1.165, 1.54) is 0 Å². The number of hydrogen-bond donors (Lipinski definition) is 0. The van der Waals surface area contributed by atoms with Crippen LogP contribution in [0.2, 0.25) is 0 Å². The van der Waals surface area contributed by atoms with Gasteiger partial charge in [-0.3, -0.25) is 9.78 Å². The average molecular weight is 370 g/mol. The van der Waals surface area contributed by atoms with Crippen LogP contribution >= 0.6 is 0 Å². The van der Waals surface area contributed by atoms with Crippen LogP contribution in [-0.2, 0) is 11.3 Å². The van der Waals surface area contributed by atoms with E-state index in [1.807, 2.05) is 19.9 Å². The molecular formula is C20H26N4O3. The molecule has 0 atom stereocenters. The van der Waals surface area contributed by atoms with Crippen molar-refractivity contribution in [2.24, 2.45) is 0 Å². The molecule has 3 rings (SSSR count). The summed E-state index contributed by atoms with van der Waals surface area (Å²) in [4.78, 5) is 25.8. The van der Waals surface area contributed by atoms with Crippen molar-refractivity contribution in [1.29, 1.82) is 0 Å². The lowest BCUT2D eigenvalue weighted by molar-refractivity contribution is 0.0782. The van der Waals surface area contributed by atoms with Crippen molar-refractivity contribution in [3.63, 3.8) is 0 Å². The Kier molecular flexibility index (Phi) is 5.91. The lowest BCUT2D eigenvalue weighted by Gasteiger charge is -2.30. The van der Waals surface area contributed by atoms with Crippen LogP contribution in [0.15, 0.2) is 24.5 Å². The Morgan fingerprint density at radius 2 is 2.04 bits per heavy atom. The monoisotopic (exact) mass is 370 g/mol. The van der Waals surface area contributed by atoms with Crippen molar-refractivity contribution in [3.8, 4) is 5.75 Å². The Hall–Kier alpha value is -2.67. The zero-order valence-corrected chi connectivity index (χ0v) is 16.4. The van der Waals surface area contributed by atoms with Gasteiger partial charge in [0.1, 0.15) is 11.6 Å². The summed E-state index contributed by atoms with van der Waals surface area (Å²) in [5.41, 5.74) is 3.36. The van der Waals surface area contributed by atoms with Crippen LogP contribution in [0, 0.1) is 13.8 Å². The van der Waals surface area contributed by atoms with Crippen LogP contribution in [0.25, 0.3) is 0 Å². The number of pyridine rings is 2. The molecule has 7 heteroatoms. The number of carbonyl (C=O) groups excluding carboxylic acids is 1. The van der Waals surface area contributed by atoms with Crippen molar-refractivity contribution in [3.05, 3.63) is 46.9 Å². The van der Waals surface area contributed by atoms with Gasteiger partial charge in [0.2, 0.25) is 0 Å². The van der Waals surface area contributed by atoms with E-state index in [-0.39, 0.29) is 5.91 Å². The van der Waals surface area contributed by atoms with Crippen LogP contribution in [-0.4, -0.2) is 61.2 Å². The summed E-state index contributed by atoms with van der Waals surface area (Å²) in [5.74, 6) is 1.45. The summed E-state index contributed by atoms with van der Waals surface area (Å²) in [6, 6.07) is 3.62. The Bertz CT molecular complexity index is 819. The topological polar surface area (TPSA) is 67.8 Å². The quantitative estimate of drug-likeness (QED) is 0.804. The van der Waals surface area contributed by atoms with Crippen LogP contribution in [0.5, 0.6) is 5.75 Å². The van der Waals surface area contributed by atoms with Crippen molar-refractivity contribution in [1.82, 2.24) is 14.9 Å². The minimum Gasteiger partial charge on any atom is -0.496 e. The molecule has 2 aromatic heterocycles. The van der Waals surface area contributed by atoms with Gasteiger partial charge in [-0.15, -0.1) is 0 Å². The van der Waals surface area contributed by atoms with E-state index in [9.17, 15) is 4.79 Å². The second-order valence-electron chi connectivity index (χ2n) is 6.68. The number of ether oxygens (including phenoxy) is 2. The van der Waals surface area contributed by atoms with Gasteiger partial charge < -0.3 is 19.3 Å². The molecule has 0 radical (unpaired) electrons. The molecule has 144 valence electrons. The highest BCUT2D eigenvalue weighted by molar-refractivity contribution is 5.98. The predicted octanol–water partition coefficient (Wildman–Crippen LogP) is 2.21. The zero-order chi connectivity index (χ0) is 19.4. The summed E-state index contributed by atoms with van der Waals surface area (Å²) in [6.07, 6.45) is 3.50. The third kappa shape index (κ3) is 4.03. The lowest BCUT2D eigenvalue weighted by Crippen LogP contribution is -2.38. The van der Waals surface area contributed by atoms with Gasteiger partial charge in [0.05, 0.1) is 38.1 Å². The first-order valence-electron chi connectivity index (χ1n) is 9.05. The predicted molar refractivity (Wildman–Crippen MR) is 103 cm³/mol. The maximum absolute atomic E-state index is 13.1. The Morgan fingerprint density at radius 1 is 1.30 bits per heavy atom. The molecule has 1 saturated heterocycles. The molecule has 1 aliphatic heterocycles. The van der Waals surface area contributed by atoms with Crippen molar-refractivity contribution in [2.45, 2.75) is 20.4 Å². The third-order valence-electron chi connectivity index (χ3n) is 4.81. The minimum absolute atomic E-state index is 0.0784. The molecule has 27 heavy (non-hydrogen) atoms. The number of nitrogens with zero attached hydrogens (tertiary/aromatic N) is 4. The molecular weight excluding hydrogens is 344 g/mol. The van der Waals surface area contributed by atoms with Crippen molar-refractivity contribution < 1.29 is 14.3 Å². The maximum atomic E-state index is 13.1. The van der Waals surface area contributed by atoms with Gasteiger partial charge in [-0.2, -0.15) is 0 Å². The zero-order valence-electron chi connectivity index (χ0n) is 16.4. The summed E-state index contributed by atoms with van der Waals surface area (Å²) in [7, 11) is 3.43. The number of amides is 1. The first-order chi connectivity index (χ1) is 13.0. The van der Waals surface area contributed by atoms with Crippen molar-refractivity contribution >= 4 is 11.7 Å². The molecule has 2 aromatic rings. The van der Waals surface area contributed by atoms with Gasteiger partial charge in [-0.25, -0.2) is 4.98 Å². The number of carbonyl (C=O) groups is 1. The summed E-state index contributed by atoms with van der Waals surface area (Å²) < 4.78 is 10.9. The highest BCUT2D eigenvalue weighted by Crippen LogP contribution is 2.25. The molecule has 1 aliphatic rings. The first-order valence-corrected chi connectivity index (χ1v) is 9.05. The Labute approximate surface area is 159 Å². The smallest absolute Gasteiger partial charge is 0.257 e. The molecule has 0 unspecified atom stereocenters. The molecule has 7 nitrogen and oxygen atoms in total. The summed E-state index contributed by atoms with van der Waals surface area (Å²) >= 11 is 0. The maximum Gasteiger partial charge on any atom is 0.257 e. The molecule has 1 fully saturated rings. The van der Waals surface area contributed by atoms with Crippen LogP contribution in [0.1, 0.15) is 27.2 Å². The van der Waals surface area contributed by atoms with E-state index in [2.05, 4.69) is 14.9 Å². The summed E-state index contributed by atoms with van der Waals surface area (Å²) in [6.45, 7) is 7.09. The fourth-order valence-electron chi connectivity index (χ4n) is 3.32. The fraction of sp³-hybridized carbons (Fsp3) is 0.450. The summed E-state index contributed by atoms with van der Waals surface area (Å²) in [5, 5.41) is 0. The molecule has 0 aromatic carbocycles.